The summed E-state index contributed by atoms with van der Waals surface area (Å²) in [6, 6.07) is 65.8. The Kier molecular flexibility index (Phi) is 10.7. The molecule has 0 aliphatic rings. The Morgan fingerprint density at radius 2 is 0.661 bits per heavy atom. The molecule has 0 atom stereocenters. The van der Waals surface area contributed by atoms with Crippen molar-refractivity contribution < 1.29 is 19.8 Å². The molecule has 62 heavy (non-hydrogen) atoms. The highest BCUT2D eigenvalue weighted by Crippen LogP contribution is 2.37. The number of aliphatic hydroxyl groups is 2. The summed E-state index contributed by atoms with van der Waals surface area (Å²) in [6.07, 6.45) is 2.48. The van der Waals surface area contributed by atoms with Crippen LogP contribution in [0.5, 0.6) is 0 Å². The first kappa shape index (κ1) is 39.1. The summed E-state index contributed by atoms with van der Waals surface area (Å²) < 4.78 is 2.01. The quantitative estimate of drug-likeness (QED) is 0.0726. The molecule has 0 fully saturated rings. The van der Waals surface area contributed by atoms with Crippen molar-refractivity contribution in [1.82, 2.24) is 4.57 Å². The Hall–Kier alpha value is -8.42. The molecule has 0 saturated carbocycles. The molecule has 7 nitrogen and oxygen atoms in total. The summed E-state index contributed by atoms with van der Waals surface area (Å²) in [7, 11) is 1.94. The number of hydrogen-bond acceptors (Lipinski definition) is 6. The van der Waals surface area contributed by atoms with Crippen molar-refractivity contribution >= 4 is 79.0 Å². The molecule has 0 unspecified atom stereocenters. The summed E-state index contributed by atoms with van der Waals surface area (Å²) >= 11 is 0. The number of carbonyl (C=O) groups excluding carboxylic acids is 2. The minimum Gasteiger partial charge on any atom is -0.507 e. The standard InChI is InChI=1S/C55H41N3O4/c1-56-50-32-26-40(54(61)36-52(59)38-22-28-46(29-23-38)57(42-14-6-2-7-15-42)43-16-8-3-9-17-43)34-48(50)49-35-41(27-33-51(49)56)55(62)37-53(60)39-24-30-47(31-25-39)58(44-18-10-4-11-19-44)45-20-12-5-13-21-45/h2-37,59-60H,1H3/b52-36-,53-37-. The number of aliphatic hydroxyl groups excluding tert-OH is 2. The molecule has 8 aromatic carbocycles. The van der Waals surface area contributed by atoms with E-state index in [-0.39, 0.29) is 23.1 Å². The number of rotatable bonds is 12. The van der Waals surface area contributed by atoms with Gasteiger partial charge in [-0.1, -0.05) is 72.8 Å². The van der Waals surface area contributed by atoms with Crippen LogP contribution in [0.4, 0.5) is 34.1 Å². The Labute approximate surface area is 359 Å². The zero-order valence-electron chi connectivity index (χ0n) is 33.8. The first-order valence-electron chi connectivity index (χ1n) is 20.3. The van der Waals surface area contributed by atoms with E-state index in [1.165, 1.54) is 12.2 Å². The topological polar surface area (TPSA) is 86.0 Å². The van der Waals surface area contributed by atoms with Gasteiger partial charge in [-0.15, -0.1) is 0 Å². The molecule has 9 rings (SSSR count). The molecule has 2 N–H and O–H groups in total. The van der Waals surface area contributed by atoms with Gasteiger partial charge in [-0.25, -0.2) is 0 Å². The average Bonchev–Trinajstić information content (AvgIpc) is 3.60. The van der Waals surface area contributed by atoms with Crippen LogP contribution >= 0.6 is 0 Å². The number of para-hydroxylation sites is 4. The van der Waals surface area contributed by atoms with E-state index in [1.807, 2.05) is 169 Å². The molecule has 9 aromatic rings. The van der Waals surface area contributed by atoms with Crippen molar-refractivity contribution in [1.29, 1.82) is 0 Å². The number of benzene rings is 8. The number of fused-ring (bicyclic) bond motifs is 3. The predicted molar refractivity (Wildman–Crippen MR) is 253 cm³/mol. The molecule has 0 aliphatic carbocycles. The first-order chi connectivity index (χ1) is 30.3. The maximum Gasteiger partial charge on any atom is 0.189 e. The summed E-state index contributed by atoms with van der Waals surface area (Å²) in [5, 5.41) is 23.9. The molecule has 300 valence electrons. The van der Waals surface area contributed by atoms with Crippen molar-refractivity contribution in [2.24, 2.45) is 7.05 Å². The van der Waals surface area contributed by atoms with E-state index in [2.05, 4.69) is 9.80 Å². The number of hydrogen-bond donors (Lipinski definition) is 2. The van der Waals surface area contributed by atoms with Gasteiger partial charge in [0.25, 0.3) is 0 Å². The fourth-order valence-corrected chi connectivity index (χ4v) is 7.87. The molecule has 7 heteroatoms. The van der Waals surface area contributed by atoms with Crippen LogP contribution in [0.15, 0.2) is 218 Å². The number of aryl methyl sites for hydroxylation is 1. The minimum atomic E-state index is -0.359. The molecule has 0 saturated heterocycles. The van der Waals surface area contributed by atoms with Crippen LogP contribution in [0.2, 0.25) is 0 Å². The van der Waals surface area contributed by atoms with E-state index >= 15 is 0 Å². The Morgan fingerprint density at radius 1 is 0.387 bits per heavy atom. The molecule has 1 heterocycles. The van der Waals surface area contributed by atoms with Gasteiger partial charge in [0.2, 0.25) is 0 Å². The van der Waals surface area contributed by atoms with Gasteiger partial charge in [-0.2, -0.15) is 0 Å². The highest BCUT2D eigenvalue weighted by molar-refractivity contribution is 6.16. The molecule has 0 aliphatic heterocycles. The van der Waals surface area contributed by atoms with Gasteiger partial charge >= 0.3 is 0 Å². The van der Waals surface area contributed by atoms with Gasteiger partial charge in [0.15, 0.2) is 11.6 Å². The van der Waals surface area contributed by atoms with Crippen LogP contribution in [0.3, 0.4) is 0 Å². The van der Waals surface area contributed by atoms with Gasteiger partial charge in [-0.05, 0) is 133 Å². The zero-order chi connectivity index (χ0) is 42.6. The number of allylic oxidation sites excluding steroid dienone is 2. The minimum absolute atomic E-state index is 0.149. The van der Waals surface area contributed by atoms with Crippen LogP contribution in [-0.4, -0.2) is 26.3 Å². The SMILES string of the molecule is Cn1c2ccc(C(=O)/C=C(\O)c3ccc(N(c4ccccc4)c4ccccc4)cc3)cc2c2cc(C(=O)/C=C(\O)c3ccc(N(c4ccccc4)c4ccccc4)cc3)ccc21. The van der Waals surface area contributed by atoms with Gasteiger partial charge < -0.3 is 24.6 Å². The second-order valence-electron chi connectivity index (χ2n) is 14.9. The van der Waals surface area contributed by atoms with Crippen molar-refractivity contribution in [3.63, 3.8) is 0 Å². The second-order valence-corrected chi connectivity index (χ2v) is 14.9. The van der Waals surface area contributed by atoms with Crippen LogP contribution in [0.25, 0.3) is 33.3 Å². The Morgan fingerprint density at radius 3 is 0.968 bits per heavy atom. The molecular weight excluding hydrogens is 767 g/mol. The summed E-state index contributed by atoms with van der Waals surface area (Å²) in [6.45, 7) is 0. The maximum atomic E-state index is 13.7. The lowest BCUT2D eigenvalue weighted by molar-refractivity contribution is 0.103. The van der Waals surface area contributed by atoms with Crippen LogP contribution in [-0.2, 0) is 7.05 Å². The van der Waals surface area contributed by atoms with Gasteiger partial charge in [0.05, 0.1) is 0 Å². The molecule has 0 bridgehead atoms. The summed E-state index contributed by atoms with van der Waals surface area (Å²) in [5.74, 6) is -1.02. The first-order valence-corrected chi connectivity index (χ1v) is 20.3. The predicted octanol–water partition coefficient (Wildman–Crippen LogP) is 13.8. The maximum absolute atomic E-state index is 13.7. The third-order valence-corrected chi connectivity index (χ3v) is 11.0. The van der Waals surface area contributed by atoms with Crippen LogP contribution in [0.1, 0.15) is 31.8 Å². The van der Waals surface area contributed by atoms with Crippen LogP contribution < -0.4 is 9.80 Å². The smallest absolute Gasteiger partial charge is 0.189 e. The third kappa shape index (κ3) is 7.86. The monoisotopic (exact) mass is 807 g/mol. The lowest BCUT2D eigenvalue weighted by atomic mass is 10.0. The van der Waals surface area contributed by atoms with E-state index in [1.54, 1.807) is 48.5 Å². The number of nitrogens with zero attached hydrogens (tertiary/aromatic N) is 3. The van der Waals surface area contributed by atoms with Gasteiger partial charge in [0.1, 0.15) is 11.5 Å². The van der Waals surface area contributed by atoms with Gasteiger partial charge in [0, 0.05) is 97.4 Å². The fraction of sp³-hybridized carbons (Fsp3) is 0.0182. The van der Waals surface area contributed by atoms with Crippen molar-refractivity contribution in [2.45, 2.75) is 0 Å². The van der Waals surface area contributed by atoms with Crippen molar-refractivity contribution in [3.8, 4) is 0 Å². The van der Waals surface area contributed by atoms with Crippen molar-refractivity contribution in [3.05, 3.63) is 241 Å². The Balaban J connectivity index is 0.954. The van der Waals surface area contributed by atoms with Crippen LogP contribution in [0, 0.1) is 0 Å². The number of aromatic nitrogens is 1. The lowest BCUT2D eigenvalue weighted by Gasteiger charge is -2.25. The normalized spacial score (nSPS) is 11.8. The highest BCUT2D eigenvalue weighted by Gasteiger charge is 2.17. The molecule has 0 spiro atoms. The van der Waals surface area contributed by atoms with Gasteiger partial charge in [-0.3, -0.25) is 9.59 Å². The summed E-state index contributed by atoms with van der Waals surface area (Å²) in [5.41, 5.74) is 9.33. The zero-order valence-corrected chi connectivity index (χ0v) is 33.8. The third-order valence-electron chi connectivity index (χ3n) is 11.0. The highest BCUT2D eigenvalue weighted by atomic mass is 16.3. The number of ketones is 2. The largest absolute Gasteiger partial charge is 0.507 e. The van der Waals surface area contributed by atoms with E-state index in [9.17, 15) is 19.8 Å². The fourth-order valence-electron chi connectivity index (χ4n) is 7.87. The number of carbonyl (C=O) groups is 2. The lowest BCUT2D eigenvalue weighted by Crippen LogP contribution is -2.09. The second kappa shape index (κ2) is 17.0. The average molecular weight is 808 g/mol. The van der Waals surface area contributed by atoms with E-state index < -0.39 is 0 Å². The van der Waals surface area contributed by atoms with Crippen molar-refractivity contribution in [2.75, 3.05) is 9.80 Å². The van der Waals surface area contributed by atoms with E-state index in [0.29, 0.717) is 22.3 Å². The summed E-state index contributed by atoms with van der Waals surface area (Å²) in [4.78, 5) is 31.5. The Bertz CT molecular complexity index is 2810. The molecule has 1 aromatic heterocycles. The van der Waals surface area contributed by atoms with E-state index in [0.717, 1.165) is 55.9 Å². The molecule has 0 amide bonds. The van der Waals surface area contributed by atoms with E-state index in [4.69, 9.17) is 0 Å². The molecule has 0 radical (unpaired) electrons. The number of anilines is 6. The molecular formula is C55H41N3O4.